The Bertz CT molecular complexity index is 532. The predicted octanol–water partition coefficient (Wildman–Crippen LogP) is 2.34. The Kier molecular flexibility index (Phi) is 5.32. The Morgan fingerprint density at radius 3 is 2.70 bits per heavy atom. The lowest BCUT2D eigenvalue weighted by Crippen LogP contribution is -2.06. The predicted molar refractivity (Wildman–Crippen MR) is 78.8 cm³/mol. The summed E-state index contributed by atoms with van der Waals surface area (Å²) in [6.07, 6.45) is 0.585. The van der Waals surface area contributed by atoms with Crippen molar-refractivity contribution in [3.05, 3.63) is 36.4 Å². The van der Waals surface area contributed by atoms with Crippen LogP contribution in [0.5, 0.6) is 5.88 Å². The van der Waals surface area contributed by atoms with E-state index in [1.165, 1.54) is 0 Å². The van der Waals surface area contributed by atoms with Crippen LogP contribution in [0.4, 0.5) is 5.82 Å². The molecule has 0 radical (unpaired) electrons. The number of anilines is 1. The van der Waals surface area contributed by atoms with Crippen molar-refractivity contribution >= 4 is 5.82 Å². The van der Waals surface area contributed by atoms with E-state index in [9.17, 15) is 0 Å². The van der Waals surface area contributed by atoms with Gasteiger partial charge in [0.1, 0.15) is 5.82 Å². The quantitative estimate of drug-likeness (QED) is 0.758. The second kappa shape index (κ2) is 7.45. The van der Waals surface area contributed by atoms with E-state index in [0.29, 0.717) is 24.7 Å². The van der Waals surface area contributed by atoms with Gasteiger partial charge in [0.25, 0.3) is 0 Å². The topological polar surface area (TPSA) is 67.3 Å². The van der Waals surface area contributed by atoms with E-state index in [0.717, 1.165) is 17.9 Å². The monoisotopic (exact) mass is 273 g/mol. The van der Waals surface area contributed by atoms with Gasteiger partial charge in [-0.15, -0.1) is 0 Å². The van der Waals surface area contributed by atoms with Crippen molar-refractivity contribution in [1.29, 1.82) is 0 Å². The highest BCUT2D eigenvalue weighted by Gasteiger charge is 2.07. The third kappa shape index (κ3) is 3.93. The van der Waals surface area contributed by atoms with E-state index in [1.54, 1.807) is 6.07 Å². The first-order chi connectivity index (χ1) is 9.83. The number of aliphatic hydroxyl groups is 1. The lowest BCUT2D eigenvalue weighted by Gasteiger charge is -2.10. The first-order valence-corrected chi connectivity index (χ1v) is 6.75. The number of aromatic nitrogens is 2. The highest BCUT2D eigenvalue weighted by atomic mass is 16.5. The summed E-state index contributed by atoms with van der Waals surface area (Å²) in [5, 5.41) is 12.0. The van der Waals surface area contributed by atoms with E-state index >= 15 is 0 Å². The number of hydrogen-bond donors (Lipinski definition) is 2. The highest BCUT2D eigenvalue weighted by Crippen LogP contribution is 2.21. The minimum absolute atomic E-state index is 0.108. The molecular formula is C15H19N3O2. The van der Waals surface area contributed by atoms with E-state index in [1.807, 2.05) is 37.3 Å². The van der Waals surface area contributed by atoms with Gasteiger partial charge in [-0.2, -0.15) is 4.98 Å². The molecule has 2 rings (SSSR count). The van der Waals surface area contributed by atoms with Crippen molar-refractivity contribution in [3.63, 3.8) is 0 Å². The average molecular weight is 273 g/mol. The fraction of sp³-hybridized carbons (Fsp3) is 0.333. The van der Waals surface area contributed by atoms with Gasteiger partial charge in [0, 0.05) is 31.2 Å². The maximum Gasteiger partial charge on any atom is 0.219 e. The molecule has 5 nitrogen and oxygen atoms in total. The molecule has 2 aromatic rings. The molecule has 0 spiro atoms. The van der Waals surface area contributed by atoms with Crippen LogP contribution in [0.1, 0.15) is 13.3 Å². The zero-order chi connectivity index (χ0) is 14.2. The molecular weight excluding hydrogens is 254 g/mol. The SMILES string of the molecule is CCNc1cc(OCCCO)nc(-c2ccccc2)n1. The third-order valence-corrected chi connectivity index (χ3v) is 2.64. The fourth-order valence-corrected chi connectivity index (χ4v) is 1.73. The highest BCUT2D eigenvalue weighted by molar-refractivity contribution is 5.58. The summed E-state index contributed by atoms with van der Waals surface area (Å²) in [6, 6.07) is 11.5. The molecule has 1 heterocycles. The molecule has 1 aromatic carbocycles. The van der Waals surface area contributed by atoms with Crippen LogP contribution in [-0.4, -0.2) is 34.8 Å². The van der Waals surface area contributed by atoms with E-state index in [2.05, 4.69) is 15.3 Å². The molecule has 0 fully saturated rings. The van der Waals surface area contributed by atoms with Crippen LogP contribution in [0.15, 0.2) is 36.4 Å². The number of benzene rings is 1. The maximum atomic E-state index is 8.79. The van der Waals surface area contributed by atoms with E-state index < -0.39 is 0 Å². The van der Waals surface area contributed by atoms with Gasteiger partial charge in [0.05, 0.1) is 6.61 Å². The smallest absolute Gasteiger partial charge is 0.219 e. The van der Waals surface area contributed by atoms with Crippen LogP contribution in [0.2, 0.25) is 0 Å². The molecule has 0 unspecified atom stereocenters. The van der Waals surface area contributed by atoms with E-state index in [4.69, 9.17) is 9.84 Å². The van der Waals surface area contributed by atoms with Crippen LogP contribution in [0, 0.1) is 0 Å². The molecule has 5 heteroatoms. The molecule has 1 aromatic heterocycles. The Morgan fingerprint density at radius 2 is 2.00 bits per heavy atom. The summed E-state index contributed by atoms with van der Waals surface area (Å²) in [6.45, 7) is 3.34. The van der Waals surface area contributed by atoms with Gasteiger partial charge in [-0.05, 0) is 6.92 Å². The minimum Gasteiger partial charge on any atom is -0.477 e. The van der Waals surface area contributed by atoms with Crippen molar-refractivity contribution < 1.29 is 9.84 Å². The van der Waals surface area contributed by atoms with Gasteiger partial charge in [0.2, 0.25) is 5.88 Å². The lowest BCUT2D eigenvalue weighted by molar-refractivity contribution is 0.229. The van der Waals surface area contributed by atoms with Crippen molar-refractivity contribution in [2.75, 3.05) is 25.1 Å². The van der Waals surface area contributed by atoms with Crippen LogP contribution in [0.3, 0.4) is 0 Å². The fourth-order valence-electron chi connectivity index (χ4n) is 1.73. The summed E-state index contributed by atoms with van der Waals surface area (Å²) in [5.74, 6) is 1.88. The first-order valence-electron chi connectivity index (χ1n) is 6.75. The normalized spacial score (nSPS) is 10.3. The second-order valence-corrected chi connectivity index (χ2v) is 4.24. The van der Waals surface area contributed by atoms with E-state index in [-0.39, 0.29) is 6.61 Å². The van der Waals surface area contributed by atoms with Crippen LogP contribution < -0.4 is 10.1 Å². The molecule has 0 amide bonds. The Morgan fingerprint density at radius 1 is 1.20 bits per heavy atom. The Hall–Kier alpha value is -2.14. The molecule has 0 aliphatic carbocycles. The lowest BCUT2D eigenvalue weighted by atomic mass is 10.2. The number of nitrogens with zero attached hydrogens (tertiary/aromatic N) is 2. The zero-order valence-electron chi connectivity index (χ0n) is 11.5. The molecule has 0 saturated carbocycles. The third-order valence-electron chi connectivity index (χ3n) is 2.64. The average Bonchev–Trinajstić information content (AvgIpc) is 2.49. The second-order valence-electron chi connectivity index (χ2n) is 4.24. The Labute approximate surface area is 118 Å². The molecule has 2 N–H and O–H groups in total. The summed E-state index contributed by atoms with van der Waals surface area (Å²) in [4.78, 5) is 8.87. The summed E-state index contributed by atoms with van der Waals surface area (Å²) in [7, 11) is 0. The van der Waals surface area contributed by atoms with Crippen molar-refractivity contribution in [3.8, 4) is 17.3 Å². The van der Waals surface area contributed by atoms with Crippen molar-refractivity contribution in [2.24, 2.45) is 0 Å². The number of nitrogens with one attached hydrogen (secondary N) is 1. The maximum absolute atomic E-state index is 8.79. The summed E-state index contributed by atoms with van der Waals surface area (Å²) < 4.78 is 5.54. The summed E-state index contributed by atoms with van der Waals surface area (Å²) in [5.41, 5.74) is 0.944. The molecule has 0 atom stereocenters. The minimum atomic E-state index is 0.108. The number of ether oxygens (including phenoxy) is 1. The van der Waals surface area contributed by atoms with Gasteiger partial charge in [-0.1, -0.05) is 30.3 Å². The number of hydrogen-bond acceptors (Lipinski definition) is 5. The van der Waals surface area contributed by atoms with Crippen molar-refractivity contribution in [1.82, 2.24) is 9.97 Å². The molecule has 20 heavy (non-hydrogen) atoms. The summed E-state index contributed by atoms with van der Waals surface area (Å²) >= 11 is 0. The van der Waals surface area contributed by atoms with Gasteiger partial charge in [0.15, 0.2) is 5.82 Å². The molecule has 0 aliphatic rings. The van der Waals surface area contributed by atoms with Crippen LogP contribution in [0.25, 0.3) is 11.4 Å². The molecule has 0 aliphatic heterocycles. The van der Waals surface area contributed by atoms with Crippen molar-refractivity contribution in [2.45, 2.75) is 13.3 Å². The van der Waals surface area contributed by atoms with Gasteiger partial charge < -0.3 is 15.2 Å². The molecule has 0 saturated heterocycles. The van der Waals surface area contributed by atoms with Gasteiger partial charge in [-0.25, -0.2) is 4.98 Å². The molecule has 106 valence electrons. The van der Waals surface area contributed by atoms with Crippen LogP contribution in [-0.2, 0) is 0 Å². The largest absolute Gasteiger partial charge is 0.477 e. The van der Waals surface area contributed by atoms with Crippen LogP contribution >= 0.6 is 0 Å². The first kappa shape index (κ1) is 14.3. The number of aliphatic hydroxyl groups excluding tert-OH is 1. The standard InChI is InChI=1S/C15H19N3O2/c1-2-16-13-11-14(20-10-6-9-19)18-15(17-13)12-7-4-3-5-8-12/h3-5,7-8,11,19H,2,6,9-10H2,1H3,(H,16,17,18). The molecule has 0 bridgehead atoms. The van der Waals surface area contributed by atoms with Gasteiger partial charge >= 0.3 is 0 Å². The Balaban J connectivity index is 2.26. The van der Waals surface area contributed by atoms with Gasteiger partial charge in [-0.3, -0.25) is 0 Å². The number of rotatable bonds is 7. The zero-order valence-corrected chi connectivity index (χ0v) is 11.5.